The number of ether oxygens (including phenoxy) is 2. The van der Waals surface area contributed by atoms with Crippen molar-refractivity contribution in [3.05, 3.63) is 0 Å². The molecule has 3 amide bonds. The monoisotopic (exact) mass is 574 g/mol. The minimum absolute atomic E-state index is 0.0475. The van der Waals surface area contributed by atoms with E-state index in [0.29, 0.717) is 44.7 Å². The zero-order valence-corrected chi connectivity index (χ0v) is 26.9. The molecule has 0 saturated carbocycles. The molecule has 0 bridgehead atoms. The third-order valence-corrected chi connectivity index (χ3v) is 11.7. The summed E-state index contributed by atoms with van der Waals surface area (Å²) in [4.78, 5) is 39.6. The highest BCUT2D eigenvalue weighted by molar-refractivity contribution is 6.78. The summed E-state index contributed by atoms with van der Waals surface area (Å²) in [5, 5.41) is 22.3. The molecule has 0 saturated heterocycles. The van der Waals surface area contributed by atoms with Gasteiger partial charge in [0.1, 0.15) is 18.1 Å². The van der Waals surface area contributed by atoms with Gasteiger partial charge < -0.3 is 35.8 Å². The molecule has 0 aromatic carbocycles. The first kappa shape index (κ1) is 37.5. The van der Waals surface area contributed by atoms with E-state index >= 15 is 0 Å². The van der Waals surface area contributed by atoms with Gasteiger partial charge in [-0.25, -0.2) is 0 Å². The van der Waals surface area contributed by atoms with Gasteiger partial charge in [-0.3, -0.25) is 14.4 Å². The van der Waals surface area contributed by atoms with Crippen molar-refractivity contribution in [1.82, 2.24) is 21.3 Å². The molecule has 4 unspecified atom stereocenters. The Labute approximate surface area is 238 Å². The van der Waals surface area contributed by atoms with Crippen molar-refractivity contribution in [3.63, 3.8) is 0 Å². The van der Waals surface area contributed by atoms with E-state index in [9.17, 15) is 19.5 Å². The van der Waals surface area contributed by atoms with Crippen LogP contribution in [0.4, 0.5) is 0 Å². The first-order valence-corrected chi connectivity index (χ1v) is 18.2. The van der Waals surface area contributed by atoms with E-state index in [2.05, 4.69) is 48.2 Å². The molecule has 0 heterocycles. The highest BCUT2D eigenvalue weighted by Gasteiger charge is 2.33. The van der Waals surface area contributed by atoms with E-state index in [-0.39, 0.29) is 19.1 Å². The number of nitrogens with one attached hydrogen (secondary N) is 4. The standard InChI is InChI=1S/C28H58N4O6Si/c1-9-13-24(33)25(28(36)30-15-18-39(7,8)21(5)6)32-27(35)23(20-38-17-12-4)31-26(34)22(29-14-10-2)19-37-16-11-3/h21-25,29,33H,9-20H2,1-8H3,(H,30,36)(H,31,34)(H,32,35). The van der Waals surface area contributed by atoms with Crippen LogP contribution in [0.25, 0.3) is 0 Å². The first-order valence-electron chi connectivity index (χ1n) is 14.9. The second-order valence-electron chi connectivity index (χ2n) is 11.2. The number of hydrogen-bond acceptors (Lipinski definition) is 7. The number of aliphatic hydroxyl groups is 1. The molecule has 0 aliphatic carbocycles. The van der Waals surface area contributed by atoms with Crippen LogP contribution in [-0.2, 0) is 23.9 Å². The van der Waals surface area contributed by atoms with Crippen LogP contribution < -0.4 is 21.3 Å². The lowest BCUT2D eigenvalue weighted by atomic mass is 10.0. The van der Waals surface area contributed by atoms with Crippen molar-refractivity contribution < 1.29 is 29.0 Å². The number of carbonyl (C=O) groups is 3. The Morgan fingerprint density at radius 1 is 0.769 bits per heavy atom. The van der Waals surface area contributed by atoms with E-state index in [1.54, 1.807) is 0 Å². The first-order chi connectivity index (χ1) is 18.4. The Morgan fingerprint density at radius 3 is 1.85 bits per heavy atom. The molecule has 0 fully saturated rings. The molecule has 0 aromatic heterocycles. The zero-order valence-electron chi connectivity index (χ0n) is 25.9. The van der Waals surface area contributed by atoms with Gasteiger partial charge in [0.05, 0.1) is 27.4 Å². The van der Waals surface area contributed by atoms with E-state index in [1.165, 1.54) is 0 Å². The quantitative estimate of drug-likeness (QED) is 0.0934. The summed E-state index contributed by atoms with van der Waals surface area (Å²) in [5.41, 5.74) is 0.575. The van der Waals surface area contributed by atoms with Crippen LogP contribution in [0.5, 0.6) is 0 Å². The van der Waals surface area contributed by atoms with Gasteiger partial charge in [0.25, 0.3) is 0 Å². The molecule has 0 radical (unpaired) electrons. The SMILES string of the molecule is CCCNC(COCCC)C(=O)NC(COCCC)C(=O)NC(C(=O)NCC[Si](C)(C)C(C)C)C(O)CCC. The fourth-order valence-corrected chi connectivity index (χ4v) is 5.00. The van der Waals surface area contributed by atoms with Crippen molar-refractivity contribution in [2.45, 2.75) is 123 Å². The molecule has 10 nitrogen and oxygen atoms in total. The molecule has 39 heavy (non-hydrogen) atoms. The van der Waals surface area contributed by atoms with Gasteiger partial charge in [-0.15, -0.1) is 0 Å². The van der Waals surface area contributed by atoms with E-state index < -0.39 is 44.1 Å². The van der Waals surface area contributed by atoms with Crippen LogP contribution in [0.1, 0.15) is 73.6 Å². The zero-order chi connectivity index (χ0) is 29.8. The highest BCUT2D eigenvalue weighted by Crippen LogP contribution is 2.23. The smallest absolute Gasteiger partial charge is 0.245 e. The molecule has 0 aromatic rings. The Morgan fingerprint density at radius 2 is 1.33 bits per heavy atom. The van der Waals surface area contributed by atoms with Crippen LogP contribution in [0.15, 0.2) is 0 Å². The third kappa shape index (κ3) is 15.7. The summed E-state index contributed by atoms with van der Waals surface area (Å²) in [6.07, 6.45) is 2.37. The lowest BCUT2D eigenvalue weighted by Gasteiger charge is -2.29. The highest BCUT2D eigenvalue weighted by atomic mass is 28.3. The molecule has 0 aliphatic rings. The maximum atomic E-state index is 13.4. The van der Waals surface area contributed by atoms with Crippen LogP contribution in [-0.4, -0.2) is 94.6 Å². The normalized spacial score (nSPS) is 14.9. The predicted molar refractivity (Wildman–Crippen MR) is 159 cm³/mol. The van der Waals surface area contributed by atoms with Crippen LogP contribution in [0.2, 0.25) is 24.7 Å². The van der Waals surface area contributed by atoms with E-state index in [0.717, 1.165) is 25.3 Å². The summed E-state index contributed by atoms with van der Waals surface area (Å²) in [7, 11) is -1.49. The van der Waals surface area contributed by atoms with Crippen molar-refractivity contribution in [2.75, 3.05) is 39.5 Å². The molecule has 230 valence electrons. The van der Waals surface area contributed by atoms with Gasteiger partial charge >= 0.3 is 0 Å². The molecule has 5 N–H and O–H groups in total. The maximum absolute atomic E-state index is 13.4. The minimum atomic E-state index is -1.49. The summed E-state index contributed by atoms with van der Waals surface area (Å²) in [5.74, 6) is -1.38. The number of rotatable bonds is 23. The molecule has 11 heteroatoms. The average molecular weight is 575 g/mol. The Hall–Kier alpha value is -1.53. The third-order valence-electron chi connectivity index (χ3n) is 7.04. The topological polar surface area (TPSA) is 138 Å². The van der Waals surface area contributed by atoms with Crippen molar-refractivity contribution >= 4 is 25.8 Å². The number of aliphatic hydroxyl groups excluding tert-OH is 1. The van der Waals surface area contributed by atoms with Gasteiger partial charge in [0.2, 0.25) is 17.7 Å². The van der Waals surface area contributed by atoms with E-state index in [1.807, 2.05) is 27.7 Å². The van der Waals surface area contributed by atoms with Crippen molar-refractivity contribution in [2.24, 2.45) is 0 Å². The van der Waals surface area contributed by atoms with Crippen molar-refractivity contribution in [3.8, 4) is 0 Å². The second-order valence-corrected chi connectivity index (χ2v) is 16.9. The molecular formula is C28H58N4O6Si. The van der Waals surface area contributed by atoms with Crippen LogP contribution in [0.3, 0.4) is 0 Å². The fourth-order valence-electron chi connectivity index (χ4n) is 3.65. The van der Waals surface area contributed by atoms with Crippen LogP contribution in [0, 0.1) is 0 Å². The number of carbonyl (C=O) groups excluding carboxylic acids is 3. The summed E-state index contributed by atoms with van der Waals surface area (Å²) < 4.78 is 11.2. The largest absolute Gasteiger partial charge is 0.390 e. The Kier molecular flexibility index (Phi) is 20.4. The predicted octanol–water partition coefficient (Wildman–Crippen LogP) is 2.57. The summed E-state index contributed by atoms with van der Waals surface area (Å²) in [6, 6.07) is -1.89. The Balaban J connectivity index is 5.58. The molecule has 0 spiro atoms. The average Bonchev–Trinajstić information content (AvgIpc) is 2.88. The molecule has 0 rings (SSSR count). The fraction of sp³-hybridized carbons (Fsp3) is 0.893. The van der Waals surface area contributed by atoms with Gasteiger partial charge in [0, 0.05) is 19.8 Å². The van der Waals surface area contributed by atoms with Gasteiger partial charge in [-0.2, -0.15) is 0 Å². The lowest BCUT2D eigenvalue weighted by molar-refractivity contribution is -0.136. The van der Waals surface area contributed by atoms with Gasteiger partial charge in [0.15, 0.2) is 0 Å². The lowest BCUT2D eigenvalue weighted by Crippen LogP contribution is -2.60. The minimum Gasteiger partial charge on any atom is -0.390 e. The van der Waals surface area contributed by atoms with Crippen molar-refractivity contribution in [1.29, 1.82) is 0 Å². The van der Waals surface area contributed by atoms with E-state index in [4.69, 9.17) is 9.47 Å². The summed E-state index contributed by atoms with van der Waals surface area (Å²) >= 11 is 0. The number of hydrogen-bond donors (Lipinski definition) is 5. The van der Waals surface area contributed by atoms with Gasteiger partial charge in [-0.1, -0.05) is 66.6 Å². The maximum Gasteiger partial charge on any atom is 0.245 e. The number of amides is 3. The molecule has 0 aliphatic heterocycles. The molecular weight excluding hydrogens is 516 g/mol. The summed E-state index contributed by atoms with van der Waals surface area (Å²) in [6.45, 7) is 19.0. The Bertz CT molecular complexity index is 695. The van der Waals surface area contributed by atoms with Gasteiger partial charge in [-0.05, 0) is 38.3 Å². The molecule has 4 atom stereocenters. The second kappa shape index (κ2) is 21.2. The van der Waals surface area contributed by atoms with Crippen LogP contribution >= 0.6 is 0 Å².